The van der Waals surface area contributed by atoms with E-state index in [-0.39, 0.29) is 5.91 Å². The number of carbonyl (C=O) groups is 1. The summed E-state index contributed by atoms with van der Waals surface area (Å²) in [5, 5.41) is 5.47. The van der Waals surface area contributed by atoms with E-state index in [1.165, 1.54) is 11.3 Å². The highest BCUT2D eigenvalue weighted by Crippen LogP contribution is 2.09. The van der Waals surface area contributed by atoms with Crippen molar-refractivity contribution in [3.63, 3.8) is 0 Å². The van der Waals surface area contributed by atoms with Crippen molar-refractivity contribution in [2.75, 3.05) is 19.7 Å². The first-order valence-electron chi connectivity index (χ1n) is 6.82. The molecule has 2 aromatic heterocycles. The zero-order chi connectivity index (χ0) is 14.9. The smallest absolute Gasteiger partial charge is 0.270 e. The molecule has 6 nitrogen and oxygen atoms in total. The first-order valence-corrected chi connectivity index (χ1v) is 7.70. The Hall–Kier alpha value is -1.70. The number of aromatic nitrogens is 1. The summed E-state index contributed by atoms with van der Waals surface area (Å²) in [5.74, 6) is 0.648. The molecule has 0 saturated heterocycles. The number of rotatable bonds is 9. The standard InChI is InChI=1S/C14H19N3O3S/c15-5-4-13-17-12(10-21-13)14(18)16-6-2-7-19-9-11-3-1-8-20-11/h1,3,8,10H,2,4-7,9,15H2,(H,16,18). The molecular formula is C14H19N3O3S. The molecular weight excluding hydrogens is 290 g/mol. The van der Waals surface area contributed by atoms with Crippen molar-refractivity contribution in [1.29, 1.82) is 0 Å². The van der Waals surface area contributed by atoms with Crippen molar-refractivity contribution < 1.29 is 13.9 Å². The minimum atomic E-state index is -0.152. The third kappa shape index (κ3) is 5.30. The summed E-state index contributed by atoms with van der Waals surface area (Å²) in [6.45, 7) is 2.12. The Bertz CT molecular complexity index is 539. The van der Waals surface area contributed by atoms with Gasteiger partial charge in [0.05, 0.1) is 11.3 Å². The van der Waals surface area contributed by atoms with Crippen LogP contribution in [0.4, 0.5) is 0 Å². The molecule has 0 bridgehead atoms. The van der Waals surface area contributed by atoms with Crippen LogP contribution in [-0.4, -0.2) is 30.6 Å². The zero-order valence-corrected chi connectivity index (χ0v) is 12.5. The number of ether oxygens (including phenoxy) is 1. The Morgan fingerprint density at radius 1 is 1.52 bits per heavy atom. The summed E-state index contributed by atoms with van der Waals surface area (Å²) in [4.78, 5) is 16.1. The fourth-order valence-corrected chi connectivity index (χ4v) is 2.48. The zero-order valence-electron chi connectivity index (χ0n) is 11.7. The second-order valence-corrected chi connectivity index (χ2v) is 5.35. The number of hydrogen-bond acceptors (Lipinski definition) is 6. The van der Waals surface area contributed by atoms with Crippen LogP contribution in [0.3, 0.4) is 0 Å². The number of carbonyl (C=O) groups excluding carboxylic acids is 1. The van der Waals surface area contributed by atoms with Crippen LogP contribution >= 0.6 is 11.3 Å². The number of furan rings is 1. The number of thiazole rings is 1. The van der Waals surface area contributed by atoms with Gasteiger partial charge in [-0.2, -0.15) is 0 Å². The van der Waals surface area contributed by atoms with E-state index in [2.05, 4.69) is 10.3 Å². The lowest BCUT2D eigenvalue weighted by atomic mass is 10.4. The second kappa shape index (κ2) is 8.56. The van der Waals surface area contributed by atoms with Crippen LogP contribution in [0.15, 0.2) is 28.2 Å². The Morgan fingerprint density at radius 3 is 3.19 bits per heavy atom. The minimum Gasteiger partial charge on any atom is -0.467 e. The average molecular weight is 309 g/mol. The number of nitrogens with one attached hydrogen (secondary N) is 1. The maximum absolute atomic E-state index is 11.8. The van der Waals surface area contributed by atoms with Crippen LogP contribution in [-0.2, 0) is 17.8 Å². The molecule has 0 aromatic carbocycles. The fourth-order valence-electron chi connectivity index (χ4n) is 1.69. The van der Waals surface area contributed by atoms with E-state index in [0.717, 1.165) is 17.2 Å². The monoisotopic (exact) mass is 309 g/mol. The van der Waals surface area contributed by atoms with Crippen LogP contribution in [0.1, 0.15) is 27.7 Å². The number of hydrogen-bond donors (Lipinski definition) is 2. The van der Waals surface area contributed by atoms with Gasteiger partial charge in [0.1, 0.15) is 18.1 Å². The van der Waals surface area contributed by atoms with E-state index < -0.39 is 0 Å². The Kier molecular flexibility index (Phi) is 6.39. The summed E-state index contributed by atoms with van der Waals surface area (Å²) in [5.41, 5.74) is 5.91. The minimum absolute atomic E-state index is 0.152. The van der Waals surface area contributed by atoms with E-state index in [0.29, 0.717) is 38.4 Å². The fraction of sp³-hybridized carbons (Fsp3) is 0.429. The van der Waals surface area contributed by atoms with Gasteiger partial charge in [0.2, 0.25) is 0 Å². The van der Waals surface area contributed by atoms with E-state index in [1.54, 1.807) is 11.6 Å². The molecule has 3 N–H and O–H groups in total. The lowest BCUT2D eigenvalue weighted by molar-refractivity contribution is 0.0913. The molecule has 2 rings (SSSR count). The average Bonchev–Trinajstić information content (AvgIpc) is 3.14. The molecule has 7 heteroatoms. The van der Waals surface area contributed by atoms with E-state index >= 15 is 0 Å². The molecule has 0 radical (unpaired) electrons. The Labute approximate surface area is 127 Å². The van der Waals surface area contributed by atoms with Crippen molar-refractivity contribution in [2.24, 2.45) is 5.73 Å². The highest BCUT2D eigenvalue weighted by Gasteiger charge is 2.09. The lowest BCUT2D eigenvalue weighted by Gasteiger charge is -2.04. The second-order valence-electron chi connectivity index (χ2n) is 4.41. The third-order valence-electron chi connectivity index (χ3n) is 2.72. The molecule has 0 spiro atoms. The van der Waals surface area contributed by atoms with Gasteiger partial charge in [-0.3, -0.25) is 4.79 Å². The quantitative estimate of drug-likeness (QED) is 0.686. The normalized spacial score (nSPS) is 10.7. The molecule has 1 amide bonds. The molecule has 0 fully saturated rings. The van der Waals surface area contributed by atoms with Gasteiger partial charge in [0.25, 0.3) is 5.91 Å². The highest BCUT2D eigenvalue weighted by molar-refractivity contribution is 7.09. The van der Waals surface area contributed by atoms with Gasteiger partial charge in [0, 0.05) is 25.0 Å². The molecule has 0 aliphatic carbocycles. The summed E-state index contributed by atoms with van der Waals surface area (Å²) in [7, 11) is 0. The molecule has 0 aliphatic heterocycles. The SMILES string of the molecule is NCCc1nc(C(=O)NCCCOCc2ccco2)cs1. The molecule has 0 unspecified atom stereocenters. The predicted octanol–water partition coefficient (Wildman–Crippen LogP) is 1.57. The van der Waals surface area contributed by atoms with Crippen molar-refractivity contribution in [2.45, 2.75) is 19.4 Å². The summed E-state index contributed by atoms with van der Waals surface area (Å²) >= 11 is 1.46. The van der Waals surface area contributed by atoms with Crippen LogP contribution in [0.5, 0.6) is 0 Å². The summed E-state index contributed by atoms with van der Waals surface area (Å²) in [6, 6.07) is 3.69. The van der Waals surface area contributed by atoms with Crippen LogP contribution in [0.25, 0.3) is 0 Å². The van der Waals surface area contributed by atoms with Gasteiger partial charge in [-0.1, -0.05) is 0 Å². The molecule has 0 aliphatic rings. The number of amides is 1. The van der Waals surface area contributed by atoms with Gasteiger partial charge < -0.3 is 20.2 Å². The van der Waals surface area contributed by atoms with Gasteiger partial charge in [-0.15, -0.1) is 11.3 Å². The lowest BCUT2D eigenvalue weighted by Crippen LogP contribution is -2.25. The van der Waals surface area contributed by atoms with Gasteiger partial charge in [0.15, 0.2) is 0 Å². The molecule has 2 heterocycles. The van der Waals surface area contributed by atoms with Crippen LogP contribution < -0.4 is 11.1 Å². The van der Waals surface area contributed by atoms with Crippen LogP contribution in [0, 0.1) is 0 Å². The molecule has 21 heavy (non-hydrogen) atoms. The molecule has 2 aromatic rings. The summed E-state index contributed by atoms with van der Waals surface area (Å²) in [6.07, 6.45) is 3.07. The highest BCUT2D eigenvalue weighted by atomic mass is 32.1. The van der Waals surface area contributed by atoms with E-state index in [1.807, 2.05) is 12.1 Å². The maximum Gasteiger partial charge on any atom is 0.270 e. The Balaban J connectivity index is 1.58. The maximum atomic E-state index is 11.8. The van der Waals surface area contributed by atoms with Crippen molar-refractivity contribution in [3.8, 4) is 0 Å². The van der Waals surface area contributed by atoms with E-state index in [4.69, 9.17) is 14.9 Å². The Morgan fingerprint density at radius 2 is 2.43 bits per heavy atom. The largest absolute Gasteiger partial charge is 0.467 e. The van der Waals surface area contributed by atoms with Gasteiger partial charge in [-0.25, -0.2) is 4.98 Å². The molecule has 0 saturated carbocycles. The number of nitrogens with zero attached hydrogens (tertiary/aromatic N) is 1. The first-order chi connectivity index (χ1) is 10.3. The van der Waals surface area contributed by atoms with Crippen molar-refractivity contribution in [3.05, 3.63) is 40.2 Å². The topological polar surface area (TPSA) is 90.4 Å². The first kappa shape index (κ1) is 15.7. The van der Waals surface area contributed by atoms with Crippen LogP contribution in [0.2, 0.25) is 0 Å². The molecule has 114 valence electrons. The van der Waals surface area contributed by atoms with Gasteiger partial charge >= 0.3 is 0 Å². The molecule has 0 atom stereocenters. The van der Waals surface area contributed by atoms with Crippen molar-refractivity contribution in [1.82, 2.24) is 10.3 Å². The number of nitrogens with two attached hydrogens (primary N) is 1. The van der Waals surface area contributed by atoms with E-state index in [9.17, 15) is 4.79 Å². The van der Waals surface area contributed by atoms with Crippen molar-refractivity contribution >= 4 is 17.2 Å². The van der Waals surface area contributed by atoms with Gasteiger partial charge in [-0.05, 0) is 25.1 Å². The third-order valence-corrected chi connectivity index (χ3v) is 3.63. The predicted molar refractivity (Wildman–Crippen MR) is 80.2 cm³/mol. The summed E-state index contributed by atoms with van der Waals surface area (Å²) < 4.78 is 10.6.